The normalized spacial score (nSPS) is 9.18. The van der Waals surface area contributed by atoms with Gasteiger partial charge in [0.05, 0.1) is 18.1 Å². The third-order valence-corrected chi connectivity index (χ3v) is 1.29. The maximum absolute atomic E-state index is 5.27. The van der Waals surface area contributed by atoms with Crippen molar-refractivity contribution in [2.75, 3.05) is 6.67 Å². The highest BCUT2D eigenvalue weighted by Crippen LogP contribution is 2.02. The average Bonchev–Trinajstić information content (AvgIpc) is 2.07. The number of rotatable bonds is 3. The van der Waals surface area contributed by atoms with Gasteiger partial charge in [0.2, 0.25) is 0 Å². The van der Waals surface area contributed by atoms with Crippen LogP contribution in [-0.4, -0.2) is 11.7 Å². The van der Waals surface area contributed by atoms with E-state index >= 15 is 0 Å². The van der Waals surface area contributed by atoms with E-state index in [2.05, 4.69) is 16.9 Å². The molecule has 1 aromatic heterocycles. The van der Waals surface area contributed by atoms with Crippen LogP contribution in [0.2, 0.25) is 0 Å². The highest BCUT2D eigenvalue weighted by molar-refractivity contribution is 5.57. The second-order valence-electron chi connectivity index (χ2n) is 2.07. The van der Waals surface area contributed by atoms with Gasteiger partial charge in [-0.25, -0.2) is 0 Å². The summed E-state index contributed by atoms with van der Waals surface area (Å²) in [7, 11) is 0. The molecule has 0 spiro atoms. The molecule has 0 aromatic carbocycles. The molecule has 58 valence electrons. The quantitative estimate of drug-likeness (QED) is 0.617. The van der Waals surface area contributed by atoms with Gasteiger partial charge in [-0.3, -0.25) is 4.98 Å². The molecule has 0 bridgehead atoms. The number of nitrogens with one attached hydrogen (secondary N) is 1. The fourth-order valence-electron chi connectivity index (χ4n) is 0.755. The zero-order valence-electron chi connectivity index (χ0n) is 6.25. The molecule has 0 unspecified atom stereocenters. The van der Waals surface area contributed by atoms with Crippen molar-refractivity contribution >= 4 is 5.70 Å². The molecule has 0 saturated carbocycles. The Balaban J connectivity index is 2.69. The Morgan fingerprint density at radius 3 is 3.00 bits per heavy atom. The molecule has 3 nitrogen and oxygen atoms in total. The fourth-order valence-corrected chi connectivity index (χ4v) is 0.755. The zero-order chi connectivity index (χ0) is 8.10. The van der Waals surface area contributed by atoms with Crippen molar-refractivity contribution in [1.29, 1.82) is 0 Å². The van der Waals surface area contributed by atoms with E-state index in [1.165, 1.54) is 0 Å². The van der Waals surface area contributed by atoms with Gasteiger partial charge >= 0.3 is 0 Å². The summed E-state index contributed by atoms with van der Waals surface area (Å²) < 4.78 is 0. The lowest BCUT2D eigenvalue weighted by Crippen LogP contribution is -2.20. The van der Waals surface area contributed by atoms with Gasteiger partial charge in [-0.15, -0.1) is 0 Å². The largest absolute Gasteiger partial charge is 0.371 e. The van der Waals surface area contributed by atoms with Gasteiger partial charge in [0.1, 0.15) is 0 Å². The van der Waals surface area contributed by atoms with Gasteiger partial charge in [-0.05, 0) is 12.1 Å². The Labute approximate surface area is 65.9 Å². The van der Waals surface area contributed by atoms with Gasteiger partial charge in [0, 0.05) is 6.20 Å². The Morgan fingerprint density at radius 2 is 2.45 bits per heavy atom. The summed E-state index contributed by atoms with van der Waals surface area (Å²) in [5.41, 5.74) is 6.86. The van der Waals surface area contributed by atoms with Crippen LogP contribution < -0.4 is 11.1 Å². The maximum Gasteiger partial charge on any atom is 0.0855 e. The smallest absolute Gasteiger partial charge is 0.0855 e. The van der Waals surface area contributed by atoms with Gasteiger partial charge in [-0.1, -0.05) is 12.6 Å². The summed E-state index contributed by atoms with van der Waals surface area (Å²) >= 11 is 0. The predicted molar refractivity (Wildman–Crippen MR) is 45.5 cm³/mol. The van der Waals surface area contributed by atoms with E-state index in [1.54, 1.807) is 6.20 Å². The second-order valence-corrected chi connectivity index (χ2v) is 2.07. The number of nitrogens with zero attached hydrogens (tertiary/aromatic N) is 1. The predicted octanol–water partition coefficient (Wildman–Crippen LogP) is 0.558. The molecule has 0 saturated heterocycles. The van der Waals surface area contributed by atoms with E-state index in [0.717, 1.165) is 11.4 Å². The molecule has 0 aliphatic heterocycles. The summed E-state index contributed by atoms with van der Waals surface area (Å²) in [6, 6.07) is 5.65. The minimum absolute atomic E-state index is 0.384. The Morgan fingerprint density at radius 1 is 1.64 bits per heavy atom. The number of hydrogen-bond donors (Lipinski definition) is 2. The van der Waals surface area contributed by atoms with Crippen molar-refractivity contribution in [1.82, 2.24) is 10.3 Å². The van der Waals surface area contributed by atoms with Gasteiger partial charge in [0.15, 0.2) is 0 Å². The summed E-state index contributed by atoms with van der Waals surface area (Å²) in [5, 5.41) is 2.88. The number of hydrogen-bond acceptors (Lipinski definition) is 3. The minimum atomic E-state index is 0.384. The van der Waals surface area contributed by atoms with E-state index in [1.807, 2.05) is 18.2 Å². The highest BCUT2D eigenvalue weighted by Gasteiger charge is 1.94. The van der Waals surface area contributed by atoms with Crippen LogP contribution in [0.5, 0.6) is 0 Å². The van der Waals surface area contributed by atoms with Crippen molar-refractivity contribution in [2.45, 2.75) is 0 Å². The first-order valence-electron chi connectivity index (χ1n) is 3.39. The van der Waals surface area contributed by atoms with Crippen LogP contribution in [0.15, 0.2) is 31.0 Å². The van der Waals surface area contributed by atoms with Crippen molar-refractivity contribution in [3.8, 4) is 0 Å². The molecule has 0 atom stereocenters. The molecule has 1 heterocycles. The van der Waals surface area contributed by atoms with Crippen LogP contribution in [0.1, 0.15) is 5.69 Å². The molecule has 0 aliphatic rings. The molecule has 3 N–H and O–H groups in total. The summed E-state index contributed by atoms with van der Waals surface area (Å²) in [6.07, 6.45) is 1.72. The lowest BCUT2D eigenvalue weighted by atomic mass is 10.3. The second kappa shape index (κ2) is 3.73. The van der Waals surface area contributed by atoms with Crippen LogP contribution in [0, 0.1) is 0 Å². The van der Waals surface area contributed by atoms with Crippen LogP contribution in [0.3, 0.4) is 0 Å². The van der Waals surface area contributed by atoms with Crippen molar-refractivity contribution < 1.29 is 0 Å². The lowest BCUT2D eigenvalue weighted by Gasteiger charge is -2.04. The Bertz CT molecular complexity index is 230. The van der Waals surface area contributed by atoms with Gasteiger partial charge in [0.25, 0.3) is 0 Å². The molecule has 0 amide bonds. The number of aromatic nitrogens is 1. The molecule has 0 aliphatic carbocycles. The molecular weight excluding hydrogens is 138 g/mol. The van der Waals surface area contributed by atoms with Crippen LogP contribution in [-0.2, 0) is 0 Å². The standard InChI is InChI=1S/C8H11N3/c1-7(11-6-9)8-4-2-3-5-10-8/h2-5,11H,1,6,9H2. The molecule has 1 rings (SSSR count). The van der Waals surface area contributed by atoms with E-state index in [-0.39, 0.29) is 0 Å². The topological polar surface area (TPSA) is 50.9 Å². The van der Waals surface area contributed by atoms with Crippen LogP contribution >= 0.6 is 0 Å². The summed E-state index contributed by atoms with van der Waals surface area (Å²) in [5.74, 6) is 0. The Kier molecular flexibility index (Phi) is 2.63. The third kappa shape index (κ3) is 2.05. The molecule has 11 heavy (non-hydrogen) atoms. The van der Waals surface area contributed by atoms with E-state index in [9.17, 15) is 0 Å². The first-order valence-corrected chi connectivity index (χ1v) is 3.39. The first-order chi connectivity index (χ1) is 5.34. The monoisotopic (exact) mass is 149 g/mol. The molecule has 0 fully saturated rings. The van der Waals surface area contributed by atoms with E-state index < -0.39 is 0 Å². The third-order valence-electron chi connectivity index (χ3n) is 1.29. The van der Waals surface area contributed by atoms with Crippen molar-refractivity contribution in [3.05, 3.63) is 36.7 Å². The van der Waals surface area contributed by atoms with Crippen LogP contribution in [0.25, 0.3) is 5.70 Å². The summed E-state index contributed by atoms with van der Waals surface area (Å²) in [4.78, 5) is 4.08. The highest BCUT2D eigenvalue weighted by atomic mass is 15.0. The van der Waals surface area contributed by atoms with Crippen molar-refractivity contribution in [3.63, 3.8) is 0 Å². The number of nitrogens with two attached hydrogens (primary N) is 1. The zero-order valence-corrected chi connectivity index (χ0v) is 6.25. The average molecular weight is 149 g/mol. The molecule has 1 aromatic rings. The maximum atomic E-state index is 5.27. The van der Waals surface area contributed by atoms with Gasteiger partial charge in [-0.2, -0.15) is 0 Å². The van der Waals surface area contributed by atoms with Crippen molar-refractivity contribution in [2.24, 2.45) is 5.73 Å². The summed E-state index contributed by atoms with van der Waals surface area (Å²) in [6.45, 7) is 4.15. The lowest BCUT2D eigenvalue weighted by molar-refractivity contribution is 0.898. The first kappa shape index (κ1) is 7.75. The van der Waals surface area contributed by atoms with Crippen LogP contribution in [0.4, 0.5) is 0 Å². The minimum Gasteiger partial charge on any atom is -0.371 e. The SMILES string of the molecule is C=C(NCN)c1ccccn1. The molecule has 3 heteroatoms. The Hall–Kier alpha value is -1.35. The van der Waals surface area contributed by atoms with E-state index in [4.69, 9.17) is 5.73 Å². The molecular formula is C8H11N3. The molecule has 0 radical (unpaired) electrons. The van der Waals surface area contributed by atoms with E-state index in [0.29, 0.717) is 6.67 Å². The fraction of sp³-hybridized carbons (Fsp3) is 0.125. The number of pyridine rings is 1. The van der Waals surface area contributed by atoms with Gasteiger partial charge < -0.3 is 11.1 Å².